The van der Waals surface area contributed by atoms with Gasteiger partial charge in [0.15, 0.2) is 11.5 Å². The molecule has 0 aliphatic heterocycles. The van der Waals surface area contributed by atoms with Crippen LogP contribution < -0.4 is 14.8 Å². The van der Waals surface area contributed by atoms with Crippen LogP contribution in [0.15, 0.2) is 36.4 Å². The smallest absolute Gasteiger partial charge is 0.180 e. The van der Waals surface area contributed by atoms with Crippen molar-refractivity contribution in [2.24, 2.45) is 0 Å². The van der Waals surface area contributed by atoms with Gasteiger partial charge in [-0.25, -0.2) is 0 Å². The zero-order valence-electron chi connectivity index (χ0n) is 15.2. The predicted octanol–water partition coefficient (Wildman–Crippen LogP) is 4.10. The number of halogens is 1. The van der Waals surface area contributed by atoms with Crippen molar-refractivity contribution in [1.82, 2.24) is 5.32 Å². The first-order chi connectivity index (χ1) is 11.8. The number of methoxy groups -OCH3 is 1. The molecule has 0 aliphatic rings. The van der Waals surface area contributed by atoms with Crippen molar-refractivity contribution in [3.8, 4) is 11.5 Å². The molecule has 0 bridgehead atoms. The second-order valence-electron chi connectivity index (χ2n) is 6.78. The molecule has 2 aromatic carbocycles. The van der Waals surface area contributed by atoms with Crippen LogP contribution in [-0.2, 0) is 13.2 Å². The van der Waals surface area contributed by atoms with Gasteiger partial charge in [0.2, 0.25) is 0 Å². The predicted molar refractivity (Wildman–Crippen MR) is 102 cm³/mol. The van der Waals surface area contributed by atoms with Gasteiger partial charge >= 0.3 is 0 Å². The number of aliphatic hydroxyl groups is 1. The van der Waals surface area contributed by atoms with Crippen molar-refractivity contribution in [2.45, 2.75) is 39.5 Å². The number of ether oxygens (including phenoxy) is 2. The minimum absolute atomic E-state index is 0.0512. The Balaban J connectivity index is 2.11. The van der Waals surface area contributed by atoms with Crippen molar-refractivity contribution in [1.29, 1.82) is 0 Å². The van der Waals surface area contributed by atoms with Gasteiger partial charge < -0.3 is 19.9 Å². The van der Waals surface area contributed by atoms with Crippen LogP contribution in [-0.4, -0.2) is 24.4 Å². The molecule has 0 spiro atoms. The Morgan fingerprint density at radius 1 is 1.12 bits per heavy atom. The SMILES string of the molecule is COc1cc(CNC(C)(C)CO)cc(Cl)c1OCc1ccc(C)cc1. The second kappa shape index (κ2) is 8.56. The number of rotatable bonds is 8. The summed E-state index contributed by atoms with van der Waals surface area (Å²) in [6.45, 7) is 6.97. The summed E-state index contributed by atoms with van der Waals surface area (Å²) in [6.07, 6.45) is 0. The molecule has 0 amide bonds. The summed E-state index contributed by atoms with van der Waals surface area (Å²) < 4.78 is 11.3. The summed E-state index contributed by atoms with van der Waals surface area (Å²) in [7, 11) is 1.60. The van der Waals surface area contributed by atoms with Gasteiger partial charge in [0.25, 0.3) is 0 Å². The third kappa shape index (κ3) is 5.63. The third-order valence-corrected chi connectivity index (χ3v) is 4.24. The van der Waals surface area contributed by atoms with Gasteiger partial charge in [-0.2, -0.15) is 0 Å². The van der Waals surface area contributed by atoms with E-state index in [-0.39, 0.29) is 12.1 Å². The molecule has 4 nitrogen and oxygen atoms in total. The third-order valence-electron chi connectivity index (χ3n) is 3.96. The van der Waals surface area contributed by atoms with Crippen molar-refractivity contribution in [2.75, 3.05) is 13.7 Å². The lowest BCUT2D eigenvalue weighted by atomic mass is 10.1. The van der Waals surface area contributed by atoms with Crippen LogP contribution in [0.4, 0.5) is 0 Å². The quantitative estimate of drug-likeness (QED) is 0.741. The van der Waals surface area contributed by atoms with Crippen molar-refractivity contribution in [3.63, 3.8) is 0 Å². The van der Waals surface area contributed by atoms with Gasteiger partial charge in [0, 0.05) is 12.1 Å². The molecular formula is C20H26ClNO3. The van der Waals surface area contributed by atoms with Gasteiger partial charge in [-0.1, -0.05) is 41.4 Å². The molecule has 25 heavy (non-hydrogen) atoms. The monoisotopic (exact) mass is 363 g/mol. The minimum atomic E-state index is -0.361. The minimum Gasteiger partial charge on any atom is -0.493 e. The Labute approximate surface area is 154 Å². The number of hydrogen-bond acceptors (Lipinski definition) is 4. The molecule has 0 heterocycles. The van der Waals surface area contributed by atoms with Crippen molar-refractivity contribution >= 4 is 11.6 Å². The molecule has 0 atom stereocenters. The number of nitrogens with one attached hydrogen (secondary N) is 1. The fraction of sp³-hybridized carbons (Fsp3) is 0.400. The van der Waals surface area contributed by atoms with Crippen LogP contribution in [0.2, 0.25) is 5.02 Å². The highest BCUT2D eigenvalue weighted by Gasteiger charge is 2.17. The molecule has 0 aromatic heterocycles. The first kappa shape index (κ1) is 19.6. The molecule has 136 valence electrons. The zero-order valence-corrected chi connectivity index (χ0v) is 16.0. The van der Waals surface area contributed by atoms with Gasteiger partial charge in [-0.15, -0.1) is 0 Å². The molecule has 0 unspecified atom stereocenters. The first-order valence-electron chi connectivity index (χ1n) is 8.25. The second-order valence-corrected chi connectivity index (χ2v) is 7.19. The van der Waals surface area contributed by atoms with E-state index >= 15 is 0 Å². The molecule has 0 saturated heterocycles. The molecular weight excluding hydrogens is 338 g/mol. The van der Waals surface area contributed by atoms with E-state index in [1.54, 1.807) is 7.11 Å². The lowest BCUT2D eigenvalue weighted by Crippen LogP contribution is -2.42. The van der Waals surface area contributed by atoms with E-state index in [0.717, 1.165) is 11.1 Å². The fourth-order valence-corrected chi connectivity index (χ4v) is 2.54. The summed E-state index contributed by atoms with van der Waals surface area (Å²) in [5, 5.41) is 13.1. The average molecular weight is 364 g/mol. The van der Waals surface area contributed by atoms with Gasteiger partial charge in [0.05, 0.1) is 18.7 Å². The van der Waals surface area contributed by atoms with Crippen LogP contribution in [0.25, 0.3) is 0 Å². The highest BCUT2D eigenvalue weighted by molar-refractivity contribution is 6.32. The van der Waals surface area contributed by atoms with E-state index in [2.05, 4.69) is 24.4 Å². The Bertz CT molecular complexity index is 699. The van der Waals surface area contributed by atoms with E-state index in [0.29, 0.717) is 29.7 Å². The zero-order chi connectivity index (χ0) is 18.4. The van der Waals surface area contributed by atoms with Crippen LogP contribution >= 0.6 is 11.6 Å². The summed E-state index contributed by atoms with van der Waals surface area (Å²) in [5.74, 6) is 1.13. The highest BCUT2D eigenvalue weighted by atomic mass is 35.5. The maximum Gasteiger partial charge on any atom is 0.180 e. The molecule has 5 heteroatoms. The lowest BCUT2D eigenvalue weighted by molar-refractivity contribution is 0.187. The van der Waals surface area contributed by atoms with Gasteiger partial charge in [0.1, 0.15) is 6.61 Å². The fourth-order valence-electron chi connectivity index (χ4n) is 2.25. The van der Waals surface area contributed by atoms with E-state index in [1.807, 2.05) is 38.1 Å². The van der Waals surface area contributed by atoms with E-state index < -0.39 is 0 Å². The largest absolute Gasteiger partial charge is 0.493 e. The number of aryl methyl sites for hydroxylation is 1. The average Bonchev–Trinajstić information content (AvgIpc) is 2.60. The van der Waals surface area contributed by atoms with Crippen LogP contribution in [0.5, 0.6) is 11.5 Å². The molecule has 0 radical (unpaired) electrons. The van der Waals surface area contributed by atoms with Crippen LogP contribution in [0, 0.1) is 6.92 Å². The summed E-state index contributed by atoms with van der Waals surface area (Å²) >= 11 is 6.41. The Morgan fingerprint density at radius 2 is 1.80 bits per heavy atom. The summed E-state index contributed by atoms with van der Waals surface area (Å²) in [5.41, 5.74) is 2.88. The molecule has 2 N–H and O–H groups in total. The lowest BCUT2D eigenvalue weighted by Gasteiger charge is -2.24. The van der Waals surface area contributed by atoms with E-state index in [4.69, 9.17) is 21.1 Å². The standard InChI is InChI=1S/C20H26ClNO3/c1-14-5-7-15(8-6-14)12-25-19-17(21)9-16(10-18(19)24-4)11-22-20(2,3)13-23/h5-10,22-23H,11-13H2,1-4H3. The normalized spacial score (nSPS) is 11.4. The Kier molecular flexibility index (Phi) is 6.71. The number of aliphatic hydroxyl groups excluding tert-OH is 1. The van der Waals surface area contributed by atoms with Crippen molar-refractivity contribution < 1.29 is 14.6 Å². The number of benzene rings is 2. The van der Waals surface area contributed by atoms with E-state index in [9.17, 15) is 5.11 Å². The molecule has 0 saturated carbocycles. The molecule has 0 aliphatic carbocycles. The maximum absolute atomic E-state index is 9.33. The van der Waals surface area contributed by atoms with Crippen molar-refractivity contribution in [3.05, 3.63) is 58.1 Å². The van der Waals surface area contributed by atoms with E-state index in [1.165, 1.54) is 5.56 Å². The Hall–Kier alpha value is -1.75. The summed E-state index contributed by atoms with van der Waals surface area (Å²) in [4.78, 5) is 0. The summed E-state index contributed by atoms with van der Waals surface area (Å²) in [6, 6.07) is 11.9. The topological polar surface area (TPSA) is 50.7 Å². The number of hydrogen-bond donors (Lipinski definition) is 2. The van der Waals surface area contributed by atoms with Gasteiger partial charge in [-0.3, -0.25) is 0 Å². The first-order valence-corrected chi connectivity index (χ1v) is 8.63. The molecule has 2 aromatic rings. The highest BCUT2D eigenvalue weighted by Crippen LogP contribution is 2.37. The Morgan fingerprint density at radius 3 is 2.40 bits per heavy atom. The maximum atomic E-state index is 9.33. The molecule has 0 fully saturated rings. The molecule has 2 rings (SSSR count). The van der Waals surface area contributed by atoms with Crippen LogP contribution in [0.3, 0.4) is 0 Å². The van der Waals surface area contributed by atoms with Crippen LogP contribution in [0.1, 0.15) is 30.5 Å². The van der Waals surface area contributed by atoms with Gasteiger partial charge in [-0.05, 0) is 44.0 Å².